The van der Waals surface area contributed by atoms with Crippen molar-refractivity contribution in [1.29, 1.82) is 0 Å². The summed E-state index contributed by atoms with van der Waals surface area (Å²) in [5, 5.41) is 13.7. The van der Waals surface area contributed by atoms with Gasteiger partial charge in [0, 0.05) is 13.6 Å². The minimum atomic E-state index is -0.511. The molecule has 3 rings (SSSR count). The van der Waals surface area contributed by atoms with Crippen LogP contribution in [0.4, 0.5) is 0 Å². The van der Waals surface area contributed by atoms with Gasteiger partial charge in [0.1, 0.15) is 0 Å². The SMILES string of the molecule is CN(C[C@H](Cc1ccccc1)N(C[C@H](c1ccccc1)N(CCc1ccccc1)N=O)N=O)N=O.[H-].[Na+]. The fraction of sp³-hybridized carbons (Fsp3) is 0.308. The normalized spacial score (nSPS) is 11.9. The van der Waals surface area contributed by atoms with Crippen molar-refractivity contribution in [2.75, 3.05) is 26.7 Å². The van der Waals surface area contributed by atoms with Crippen LogP contribution in [0.5, 0.6) is 0 Å². The topological polar surface area (TPSA) is 98.0 Å². The van der Waals surface area contributed by atoms with Crippen LogP contribution in [-0.2, 0) is 12.8 Å². The molecular weight excluding hydrogens is 467 g/mol. The molecule has 0 aromatic heterocycles. The van der Waals surface area contributed by atoms with E-state index >= 15 is 0 Å². The Bertz CT molecular complexity index is 1050. The molecule has 9 nitrogen and oxygen atoms in total. The minimum Gasteiger partial charge on any atom is -1.00 e. The molecule has 3 aromatic rings. The predicted octanol–water partition coefficient (Wildman–Crippen LogP) is 2.28. The van der Waals surface area contributed by atoms with Crippen molar-refractivity contribution in [1.82, 2.24) is 15.0 Å². The largest absolute Gasteiger partial charge is 1.00 e. The van der Waals surface area contributed by atoms with Crippen molar-refractivity contribution in [2.24, 2.45) is 15.9 Å². The monoisotopic (exact) mass is 498 g/mol. The van der Waals surface area contributed by atoms with Gasteiger partial charge in [-0.25, -0.2) is 0 Å². The second-order valence-electron chi connectivity index (χ2n) is 8.38. The molecule has 0 N–H and O–H groups in total. The van der Waals surface area contributed by atoms with Crippen LogP contribution in [0, 0.1) is 14.7 Å². The van der Waals surface area contributed by atoms with Crippen molar-refractivity contribution in [3.63, 3.8) is 0 Å². The number of nitrogens with zero attached hydrogens (tertiary/aromatic N) is 6. The zero-order valence-electron chi connectivity index (χ0n) is 21.8. The molecule has 184 valence electrons. The molecule has 36 heavy (non-hydrogen) atoms. The van der Waals surface area contributed by atoms with E-state index in [9.17, 15) is 14.7 Å². The van der Waals surface area contributed by atoms with Crippen molar-refractivity contribution in [3.05, 3.63) is 122 Å². The van der Waals surface area contributed by atoms with Gasteiger partial charge in [0.15, 0.2) is 0 Å². The van der Waals surface area contributed by atoms with Crippen LogP contribution in [-0.4, -0.2) is 47.8 Å². The predicted molar refractivity (Wildman–Crippen MR) is 138 cm³/mol. The average molecular weight is 499 g/mol. The molecule has 0 unspecified atom stereocenters. The van der Waals surface area contributed by atoms with Crippen LogP contribution < -0.4 is 29.6 Å². The second-order valence-corrected chi connectivity index (χ2v) is 8.38. The molecule has 0 heterocycles. The van der Waals surface area contributed by atoms with E-state index in [1.54, 1.807) is 7.05 Å². The molecular formula is C26H31N6NaO3. The van der Waals surface area contributed by atoms with E-state index in [0.29, 0.717) is 19.4 Å². The molecule has 0 fully saturated rings. The summed E-state index contributed by atoms with van der Waals surface area (Å²) in [4.78, 5) is 35.2. The summed E-state index contributed by atoms with van der Waals surface area (Å²) in [6.07, 6.45) is 1.10. The average Bonchev–Trinajstić information content (AvgIpc) is 2.92. The Labute approximate surface area is 235 Å². The van der Waals surface area contributed by atoms with E-state index in [2.05, 4.69) is 15.9 Å². The van der Waals surface area contributed by atoms with Crippen molar-refractivity contribution < 1.29 is 31.0 Å². The molecule has 0 saturated carbocycles. The third kappa shape index (κ3) is 8.82. The first-order valence-corrected chi connectivity index (χ1v) is 11.5. The van der Waals surface area contributed by atoms with Gasteiger partial charge < -0.3 is 1.43 Å². The molecule has 0 bridgehead atoms. The van der Waals surface area contributed by atoms with Gasteiger partial charge in [-0.2, -0.15) is 0 Å². The van der Waals surface area contributed by atoms with Gasteiger partial charge in [0.05, 0.1) is 41.0 Å². The van der Waals surface area contributed by atoms with Gasteiger partial charge in [-0.1, -0.05) is 91.0 Å². The number of rotatable bonds is 15. The third-order valence-corrected chi connectivity index (χ3v) is 5.94. The number of nitroso groups, excluding NO2 is 3. The number of hydrogen-bond donors (Lipinski definition) is 0. The zero-order valence-corrected chi connectivity index (χ0v) is 22.8. The quantitative estimate of drug-likeness (QED) is 0.181. The van der Waals surface area contributed by atoms with Crippen LogP contribution >= 0.6 is 0 Å². The zero-order chi connectivity index (χ0) is 24.9. The van der Waals surface area contributed by atoms with Gasteiger partial charge in [0.25, 0.3) is 0 Å². The van der Waals surface area contributed by atoms with Crippen molar-refractivity contribution in [3.8, 4) is 0 Å². The van der Waals surface area contributed by atoms with Gasteiger partial charge in [-0.15, -0.1) is 14.7 Å². The van der Waals surface area contributed by atoms with E-state index < -0.39 is 12.1 Å². The summed E-state index contributed by atoms with van der Waals surface area (Å²) in [5.74, 6) is 0. The summed E-state index contributed by atoms with van der Waals surface area (Å²) >= 11 is 0. The van der Waals surface area contributed by atoms with Gasteiger partial charge in [-0.3, -0.25) is 15.0 Å². The summed E-state index contributed by atoms with van der Waals surface area (Å²) in [5.41, 5.74) is 2.92. The Morgan fingerprint density at radius 2 is 1.22 bits per heavy atom. The third-order valence-electron chi connectivity index (χ3n) is 5.94. The smallest absolute Gasteiger partial charge is 1.00 e. The number of benzene rings is 3. The Morgan fingerprint density at radius 3 is 1.75 bits per heavy atom. The van der Waals surface area contributed by atoms with E-state index in [4.69, 9.17) is 0 Å². The summed E-state index contributed by atoms with van der Waals surface area (Å²) in [7, 11) is 1.56. The molecule has 0 amide bonds. The van der Waals surface area contributed by atoms with Gasteiger partial charge in [0.2, 0.25) is 0 Å². The van der Waals surface area contributed by atoms with Crippen LogP contribution in [0.3, 0.4) is 0 Å². The summed E-state index contributed by atoms with van der Waals surface area (Å²) in [6.45, 7) is 0.696. The van der Waals surface area contributed by atoms with E-state index in [-0.39, 0.29) is 44.1 Å². The molecule has 0 saturated heterocycles. The Kier molecular flexibility index (Phi) is 12.7. The first kappa shape index (κ1) is 29.1. The van der Waals surface area contributed by atoms with E-state index in [1.165, 1.54) is 15.0 Å². The van der Waals surface area contributed by atoms with E-state index in [0.717, 1.165) is 16.7 Å². The van der Waals surface area contributed by atoms with Gasteiger partial charge >= 0.3 is 29.6 Å². The minimum absolute atomic E-state index is 0. The first-order valence-electron chi connectivity index (χ1n) is 11.5. The molecule has 10 heteroatoms. The standard InChI is InChI=1S/C26H30N6O3.Na.H/c1-30(27-33)20-25(19-23-13-7-3-8-14-23)32(29-35)21-26(24-15-9-4-10-16-24)31(28-34)18-17-22-11-5-2-6-12-22;;/h2-16,25-26H,17-21H2,1H3;;/q;+1;-1/t25-,26+;;/m0../s1. The van der Waals surface area contributed by atoms with Crippen LogP contribution in [0.1, 0.15) is 24.2 Å². The van der Waals surface area contributed by atoms with Gasteiger partial charge in [-0.05, 0) is 29.5 Å². The van der Waals surface area contributed by atoms with Crippen LogP contribution in [0.15, 0.2) is 107 Å². The fourth-order valence-electron chi connectivity index (χ4n) is 4.10. The molecule has 0 radical (unpaired) electrons. The maximum atomic E-state index is 12.1. The summed E-state index contributed by atoms with van der Waals surface area (Å²) in [6, 6.07) is 28.0. The van der Waals surface area contributed by atoms with Crippen LogP contribution in [0.25, 0.3) is 0 Å². The Balaban J connectivity index is 0.00000342. The molecule has 3 aromatic carbocycles. The summed E-state index contributed by atoms with van der Waals surface area (Å²) < 4.78 is 0. The molecule has 2 atom stereocenters. The molecule has 0 aliphatic carbocycles. The number of likely N-dealkylation sites (N-methyl/N-ethyl adjacent to an activating group) is 1. The Hall–Kier alpha value is -3.14. The number of hydrogen-bond acceptors (Lipinski definition) is 6. The van der Waals surface area contributed by atoms with Crippen molar-refractivity contribution >= 4 is 0 Å². The Morgan fingerprint density at radius 1 is 0.694 bits per heavy atom. The van der Waals surface area contributed by atoms with Crippen molar-refractivity contribution in [2.45, 2.75) is 24.9 Å². The second kappa shape index (κ2) is 15.8. The van der Waals surface area contributed by atoms with E-state index in [1.807, 2.05) is 91.0 Å². The van der Waals surface area contributed by atoms with Crippen LogP contribution in [0.2, 0.25) is 0 Å². The molecule has 0 aliphatic heterocycles. The molecule has 0 aliphatic rings. The first-order chi connectivity index (χ1) is 17.1. The molecule has 0 spiro atoms. The maximum absolute atomic E-state index is 12.1. The fourth-order valence-corrected chi connectivity index (χ4v) is 4.10. The maximum Gasteiger partial charge on any atom is 1.00 e.